The summed E-state index contributed by atoms with van der Waals surface area (Å²) >= 11 is 3.44. The van der Waals surface area contributed by atoms with Crippen molar-refractivity contribution in [3.05, 3.63) is 58.8 Å². The minimum Gasteiger partial charge on any atom is -0.466 e. The number of ether oxygens (including phenoxy) is 1. The highest BCUT2D eigenvalue weighted by Gasteiger charge is 2.11. The predicted molar refractivity (Wildman–Crippen MR) is 89.7 cm³/mol. The van der Waals surface area contributed by atoms with Crippen LogP contribution in [0.2, 0.25) is 0 Å². The maximum absolute atomic E-state index is 11.6. The second-order valence-electron chi connectivity index (χ2n) is 4.97. The summed E-state index contributed by atoms with van der Waals surface area (Å²) < 4.78 is 11.6. The van der Waals surface area contributed by atoms with Crippen LogP contribution in [0.4, 0.5) is 0 Å². The molecule has 0 amide bonds. The second kappa shape index (κ2) is 6.36. The van der Waals surface area contributed by atoms with Crippen molar-refractivity contribution in [3.8, 4) is 11.1 Å². The number of halogens is 1. The van der Waals surface area contributed by atoms with E-state index in [1.165, 1.54) is 0 Å². The summed E-state index contributed by atoms with van der Waals surface area (Å²) in [6.45, 7) is 2.21. The summed E-state index contributed by atoms with van der Waals surface area (Å²) in [4.78, 5) is 11.6. The molecule has 0 unspecified atom stereocenters. The number of carbonyl (C=O) groups is 1. The van der Waals surface area contributed by atoms with Gasteiger partial charge in [0, 0.05) is 15.4 Å². The number of carbonyl (C=O) groups excluding carboxylic acids is 1. The Labute approximate surface area is 137 Å². The highest BCUT2D eigenvalue weighted by atomic mass is 79.9. The van der Waals surface area contributed by atoms with Gasteiger partial charge in [-0.2, -0.15) is 0 Å². The quantitative estimate of drug-likeness (QED) is 0.618. The normalized spacial score (nSPS) is 10.8. The van der Waals surface area contributed by atoms with E-state index in [-0.39, 0.29) is 12.4 Å². The zero-order valence-corrected chi connectivity index (χ0v) is 13.7. The zero-order chi connectivity index (χ0) is 15.5. The van der Waals surface area contributed by atoms with Crippen molar-refractivity contribution < 1.29 is 13.9 Å². The van der Waals surface area contributed by atoms with Gasteiger partial charge in [-0.15, -0.1) is 0 Å². The van der Waals surface area contributed by atoms with E-state index in [0.29, 0.717) is 6.61 Å². The Balaban J connectivity index is 1.98. The third-order valence-corrected chi connectivity index (χ3v) is 3.98. The number of benzene rings is 2. The van der Waals surface area contributed by atoms with Gasteiger partial charge in [0.05, 0.1) is 19.3 Å². The number of fused-ring (bicyclic) bond motifs is 1. The van der Waals surface area contributed by atoms with Gasteiger partial charge in [0.2, 0.25) is 0 Å². The van der Waals surface area contributed by atoms with Crippen LogP contribution in [0.15, 0.2) is 57.6 Å². The van der Waals surface area contributed by atoms with Crippen molar-refractivity contribution in [2.24, 2.45) is 0 Å². The Bertz CT molecular complexity index is 803. The fourth-order valence-corrected chi connectivity index (χ4v) is 2.68. The first-order chi connectivity index (χ1) is 10.7. The fourth-order valence-electron chi connectivity index (χ4n) is 2.42. The molecule has 2 aromatic carbocycles. The number of rotatable bonds is 4. The molecule has 3 rings (SSSR count). The van der Waals surface area contributed by atoms with E-state index in [1.54, 1.807) is 6.26 Å². The van der Waals surface area contributed by atoms with Gasteiger partial charge in [0.25, 0.3) is 0 Å². The Hall–Kier alpha value is -2.07. The van der Waals surface area contributed by atoms with E-state index < -0.39 is 0 Å². The van der Waals surface area contributed by atoms with Crippen molar-refractivity contribution in [2.75, 3.05) is 6.61 Å². The molecule has 0 bridgehead atoms. The molecule has 0 radical (unpaired) electrons. The van der Waals surface area contributed by atoms with Crippen molar-refractivity contribution in [1.82, 2.24) is 0 Å². The van der Waals surface area contributed by atoms with Crippen LogP contribution in [-0.4, -0.2) is 12.6 Å². The lowest BCUT2D eigenvalue weighted by molar-refractivity contribution is -0.142. The molecule has 0 saturated carbocycles. The summed E-state index contributed by atoms with van der Waals surface area (Å²) in [5.41, 5.74) is 3.83. The zero-order valence-electron chi connectivity index (χ0n) is 12.1. The standard InChI is InChI=1S/C18H15BrO3/c1-2-21-18(20)10-12-3-8-17-15(9-12)16(11-22-17)13-4-6-14(19)7-5-13/h3-9,11H,2,10H2,1H3. The van der Waals surface area contributed by atoms with Gasteiger partial charge in [-0.05, 0) is 42.3 Å². The molecule has 0 spiro atoms. The summed E-state index contributed by atoms with van der Waals surface area (Å²) in [6, 6.07) is 13.8. The third kappa shape index (κ3) is 3.07. The van der Waals surface area contributed by atoms with E-state index in [2.05, 4.69) is 15.9 Å². The molecule has 0 aliphatic rings. The maximum Gasteiger partial charge on any atom is 0.310 e. The number of hydrogen-bond acceptors (Lipinski definition) is 3. The largest absolute Gasteiger partial charge is 0.466 e. The van der Waals surface area contributed by atoms with Gasteiger partial charge in [0.15, 0.2) is 0 Å². The molecule has 1 aromatic heterocycles. The Kier molecular flexibility index (Phi) is 4.29. The van der Waals surface area contributed by atoms with Crippen LogP contribution in [0.1, 0.15) is 12.5 Å². The van der Waals surface area contributed by atoms with E-state index in [4.69, 9.17) is 9.15 Å². The SMILES string of the molecule is CCOC(=O)Cc1ccc2occ(-c3ccc(Br)cc3)c2c1. The molecule has 0 aliphatic carbocycles. The van der Waals surface area contributed by atoms with Gasteiger partial charge < -0.3 is 9.15 Å². The van der Waals surface area contributed by atoms with Gasteiger partial charge in [-0.3, -0.25) is 4.79 Å². The van der Waals surface area contributed by atoms with Crippen molar-refractivity contribution in [3.63, 3.8) is 0 Å². The van der Waals surface area contributed by atoms with Crippen LogP contribution in [0.3, 0.4) is 0 Å². The van der Waals surface area contributed by atoms with Crippen molar-refractivity contribution in [1.29, 1.82) is 0 Å². The molecule has 1 heterocycles. The second-order valence-corrected chi connectivity index (χ2v) is 5.88. The molecule has 3 aromatic rings. The van der Waals surface area contributed by atoms with E-state index in [1.807, 2.05) is 49.4 Å². The lowest BCUT2D eigenvalue weighted by Gasteiger charge is -2.03. The van der Waals surface area contributed by atoms with Crippen LogP contribution < -0.4 is 0 Å². The first-order valence-corrected chi connectivity index (χ1v) is 7.88. The summed E-state index contributed by atoms with van der Waals surface area (Å²) in [5.74, 6) is -0.212. The smallest absolute Gasteiger partial charge is 0.310 e. The molecule has 0 atom stereocenters. The first kappa shape index (κ1) is 14.9. The lowest BCUT2D eigenvalue weighted by atomic mass is 10.0. The molecule has 3 nitrogen and oxygen atoms in total. The Morgan fingerprint density at radius 3 is 2.68 bits per heavy atom. The lowest BCUT2D eigenvalue weighted by Crippen LogP contribution is -2.07. The highest BCUT2D eigenvalue weighted by molar-refractivity contribution is 9.10. The van der Waals surface area contributed by atoms with Gasteiger partial charge >= 0.3 is 5.97 Å². The molecule has 0 aliphatic heterocycles. The summed E-state index contributed by atoms with van der Waals surface area (Å²) in [5, 5.41) is 1.00. The summed E-state index contributed by atoms with van der Waals surface area (Å²) in [6.07, 6.45) is 2.02. The van der Waals surface area contributed by atoms with Crippen LogP contribution in [0, 0.1) is 0 Å². The monoisotopic (exact) mass is 358 g/mol. The van der Waals surface area contributed by atoms with E-state index in [0.717, 1.165) is 32.1 Å². The number of hydrogen-bond donors (Lipinski definition) is 0. The molecular weight excluding hydrogens is 344 g/mol. The van der Waals surface area contributed by atoms with Crippen molar-refractivity contribution in [2.45, 2.75) is 13.3 Å². The third-order valence-electron chi connectivity index (χ3n) is 3.45. The Morgan fingerprint density at radius 2 is 1.95 bits per heavy atom. The first-order valence-electron chi connectivity index (χ1n) is 7.09. The van der Waals surface area contributed by atoms with Gasteiger partial charge in [-0.25, -0.2) is 0 Å². The fraction of sp³-hybridized carbons (Fsp3) is 0.167. The average molecular weight is 359 g/mol. The maximum atomic E-state index is 11.6. The average Bonchev–Trinajstić information content (AvgIpc) is 2.91. The highest BCUT2D eigenvalue weighted by Crippen LogP contribution is 2.32. The number of furan rings is 1. The van der Waals surface area contributed by atoms with E-state index in [9.17, 15) is 4.79 Å². The Morgan fingerprint density at radius 1 is 1.18 bits per heavy atom. The van der Waals surface area contributed by atoms with Gasteiger partial charge in [0.1, 0.15) is 5.58 Å². The summed E-state index contributed by atoms with van der Waals surface area (Å²) in [7, 11) is 0. The van der Waals surface area contributed by atoms with Crippen LogP contribution in [0.25, 0.3) is 22.1 Å². The minimum atomic E-state index is -0.212. The molecular formula is C18H15BrO3. The van der Waals surface area contributed by atoms with Gasteiger partial charge in [-0.1, -0.05) is 34.1 Å². The van der Waals surface area contributed by atoms with Crippen molar-refractivity contribution >= 4 is 32.9 Å². The topological polar surface area (TPSA) is 39.4 Å². The van der Waals surface area contributed by atoms with Crippen LogP contribution in [-0.2, 0) is 16.0 Å². The molecule has 22 heavy (non-hydrogen) atoms. The molecule has 0 fully saturated rings. The molecule has 0 N–H and O–H groups in total. The van der Waals surface area contributed by atoms with Crippen LogP contribution >= 0.6 is 15.9 Å². The minimum absolute atomic E-state index is 0.212. The predicted octanol–water partition coefficient (Wildman–Crippen LogP) is 4.97. The number of esters is 1. The molecule has 112 valence electrons. The van der Waals surface area contributed by atoms with E-state index >= 15 is 0 Å². The molecule has 0 saturated heterocycles. The van der Waals surface area contributed by atoms with Crippen LogP contribution in [0.5, 0.6) is 0 Å². The molecule has 4 heteroatoms.